The maximum atomic E-state index is 10.7. The molecule has 1 aromatic rings. The molecule has 70 valence electrons. The lowest BCUT2D eigenvalue weighted by molar-refractivity contribution is 0.100. The summed E-state index contributed by atoms with van der Waals surface area (Å²) in [5.74, 6) is -0.380. The van der Waals surface area contributed by atoms with Crippen molar-refractivity contribution < 1.29 is 4.79 Å². The van der Waals surface area contributed by atoms with Crippen LogP contribution in [0.5, 0.6) is 0 Å². The zero-order valence-electron chi connectivity index (χ0n) is 7.71. The SMILES string of the molecule is CCNCc1ccc(C(N)=O)cc1. The summed E-state index contributed by atoms with van der Waals surface area (Å²) in [6.07, 6.45) is 0. The van der Waals surface area contributed by atoms with Crippen molar-refractivity contribution in [2.24, 2.45) is 5.73 Å². The second kappa shape index (κ2) is 4.62. The van der Waals surface area contributed by atoms with E-state index in [1.807, 2.05) is 12.1 Å². The first-order valence-corrected chi connectivity index (χ1v) is 4.33. The molecule has 1 aromatic carbocycles. The molecule has 0 saturated carbocycles. The Bertz CT molecular complexity index is 279. The Labute approximate surface area is 77.9 Å². The van der Waals surface area contributed by atoms with E-state index >= 15 is 0 Å². The summed E-state index contributed by atoms with van der Waals surface area (Å²) >= 11 is 0. The lowest BCUT2D eigenvalue weighted by Crippen LogP contribution is -2.13. The van der Waals surface area contributed by atoms with E-state index < -0.39 is 0 Å². The first-order chi connectivity index (χ1) is 6.24. The van der Waals surface area contributed by atoms with Crippen LogP contribution in [-0.4, -0.2) is 12.5 Å². The highest BCUT2D eigenvalue weighted by atomic mass is 16.1. The molecule has 1 rings (SSSR count). The largest absolute Gasteiger partial charge is 0.366 e. The van der Waals surface area contributed by atoms with E-state index in [2.05, 4.69) is 12.2 Å². The van der Waals surface area contributed by atoms with Crippen LogP contribution < -0.4 is 11.1 Å². The molecule has 0 radical (unpaired) electrons. The van der Waals surface area contributed by atoms with Gasteiger partial charge in [-0.3, -0.25) is 4.79 Å². The van der Waals surface area contributed by atoms with Gasteiger partial charge in [-0.25, -0.2) is 0 Å². The van der Waals surface area contributed by atoms with Crippen molar-refractivity contribution in [1.29, 1.82) is 0 Å². The van der Waals surface area contributed by atoms with E-state index in [1.54, 1.807) is 12.1 Å². The van der Waals surface area contributed by atoms with Crippen LogP contribution in [0.2, 0.25) is 0 Å². The molecule has 0 bridgehead atoms. The molecule has 3 nitrogen and oxygen atoms in total. The molecule has 0 fully saturated rings. The van der Waals surface area contributed by atoms with E-state index in [9.17, 15) is 4.79 Å². The summed E-state index contributed by atoms with van der Waals surface area (Å²) in [5.41, 5.74) is 6.82. The molecular weight excluding hydrogens is 164 g/mol. The van der Waals surface area contributed by atoms with Crippen molar-refractivity contribution >= 4 is 5.91 Å². The molecule has 0 aromatic heterocycles. The van der Waals surface area contributed by atoms with Gasteiger partial charge in [0.25, 0.3) is 0 Å². The van der Waals surface area contributed by atoms with Gasteiger partial charge in [0, 0.05) is 12.1 Å². The van der Waals surface area contributed by atoms with Gasteiger partial charge in [-0.2, -0.15) is 0 Å². The van der Waals surface area contributed by atoms with Gasteiger partial charge in [-0.15, -0.1) is 0 Å². The first kappa shape index (κ1) is 9.74. The Morgan fingerprint density at radius 3 is 2.46 bits per heavy atom. The maximum Gasteiger partial charge on any atom is 0.248 e. The smallest absolute Gasteiger partial charge is 0.248 e. The number of hydrogen-bond acceptors (Lipinski definition) is 2. The van der Waals surface area contributed by atoms with Crippen molar-refractivity contribution in [2.45, 2.75) is 13.5 Å². The van der Waals surface area contributed by atoms with Crippen molar-refractivity contribution in [3.63, 3.8) is 0 Å². The zero-order chi connectivity index (χ0) is 9.68. The zero-order valence-corrected chi connectivity index (χ0v) is 7.71. The molecule has 0 unspecified atom stereocenters. The van der Waals surface area contributed by atoms with Gasteiger partial charge < -0.3 is 11.1 Å². The number of primary amides is 1. The number of amides is 1. The van der Waals surface area contributed by atoms with E-state index in [-0.39, 0.29) is 5.91 Å². The number of carbonyl (C=O) groups is 1. The average molecular weight is 178 g/mol. The lowest BCUT2D eigenvalue weighted by Gasteiger charge is -2.02. The number of nitrogens with two attached hydrogens (primary N) is 1. The highest BCUT2D eigenvalue weighted by molar-refractivity contribution is 5.92. The molecule has 0 aliphatic carbocycles. The van der Waals surface area contributed by atoms with Crippen LogP contribution in [-0.2, 0) is 6.54 Å². The highest BCUT2D eigenvalue weighted by Crippen LogP contribution is 2.03. The van der Waals surface area contributed by atoms with Crippen LogP contribution in [0.1, 0.15) is 22.8 Å². The summed E-state index contributed by atoms with van der Waals surface area (Å²) < 4.78 is 0. The number of hydrogen-bond donors (Lipinski definition) is 2. The number of rotatable bonds is 4. The van der Waals surface area contributed by atoms with Crippen LogP contribution in [0.15, 0.2) is 24.3 Å². The normalized spacial score (nSPS) is 9.92. The molecule has 1 amide bonds. The van der Waals surface area contributed by atoms with E-state index in [4.69, 9.17) is 5.73 Å². The Morgan fingerprint density at radius 2 is 2.00 bits per heavy atom. The Morgan fingerprint density at radius 1 is 1.38 bits per heavy atom. The highest BCUT2D eigenvalue weighted by Gasteiger charge is 1.98. The second-order valence-corrected chi connectivity index (χ2v) is 2.84. The van der Waals surface area contributed by atoms with Gasteiger partial charge >= 0.3 is 0 Å². The fraction of sp³-hybridized carbons (Fsp3) is 0.300. The Kier molecular flexibility index (Phi) is 3.46. The predicted octanol–water partition coefficient (Wildman–Crippen LogP) is 0.895. The minimum absolute atomic E-state index is 0.380. The standard InChI is InChI=1S/C10H14N2O/c1-2-12-7-8-3-5-9(6-4-8)10(11)13/h3-6,12H,2,7H2,1H3,(H2,11,13). The summed E-state index contributed by atoms with van der Waals surface area (Å²) in [6.45, 7) is 3.82. The van der Waals surface area contributed by atoms with Gasteiger partial charge in [0.1, 0.15) is 0 Å². The van der Waals surface area contributed by atoms with Crippen LogP contribution >= 0.6 is 0 Å². The lowest BCUT2D eigenvalue weighted by atomic mass is 10.1. The quantitative estimate of drug-likeness (QED) is 0.719. The maximum absolute atomic E-state index is 10.7. The first-order valence-electron chi connectivity index (χ1n) is 4.33. The molecule has 0 spiro atoms. The van der Waals surface area contributed by atoms with Crippen molar-refractivity contribution in [2.75, 3.05) is 6.54 Å². The second-order valence-electron chi connectivity index (χ2n) is 2.84. The molecule has 3 heteroatoms. The minimum atomic E-state index is -0.380. The predicted molar refractivity (Wildman–Crippen MR) is 52.3 cm³/mol. The molecule has 0 atom stereocenters. The summed E-state index contributed by atoms with van der Waals surface area (Å²) in [5, 5.41) is 3.20. The summed E-state index contributed by atoms with van der Waals surface area (Å²) in [4.78, 5) is 10.7. The van der Waals surface area contributed by atoms with Gasteiger partial charge in [-0.05, 0) is 24.2 Å². The fourth-order valence-corrected chi connectivity index (χ4v) is 1.06. The third kappa shape index (κ3) is 2.87. The summed E-state index contributed by atoms with van der Waals surface area (Å²) in [6, 6.07) is 7.30. The fourth-order valence-electron chi connectivity index (χ4n) is 1.06. The van der Waals surface area contributed by atoms with E-state index in [1.165, 1.54) is 0 Å². The average Bonchev–Trinajstić information content (AvgIpc) is 2.15. The van der Waals surface area contributed by atoms with Crippen LogP contribution in [0, 0.1) is 0 Å². The van der Waals surface area contributed by atoms with Crippen molar-refractivity contribution in [1.82, 2.24) is 5.32 Å². The van der Waals surface area contributed by atoms with E-state index in [0.29, 0.717) is 5.56 Å². The van der Waals surface area contributed by atoms with Gasteiger partial charge in [-0.1, -0.05) is 19.1 Å². The van der Waals surface area contributed by atoms with Crippen molar-refractivity contribution in [3.05, 3.63) is 35.4 Å². The van der Waals surface area contributed by atoms with Gasteiger partial charge in [0.05, 0.1) is 0 Å². The molecule has 3 N–H and O–H groups in total. The molecule has 13 heavy (non-hydrogen) atoms. The Hall–Kier alpha value is -1.35. The Balaban J connectivity index is 2.64. The monoisotopic (exact) mass is 178 g/mol. The molecular formula is C10H14N2O. The number of nitrogens with one attached hydrogen (secondary N) is 1. The van der Waals surface area contributed by atoms with E-state index in [0.717, 1.165) is 18.7 Å². The van der Waals surface area contributed by atoms with Crippen LogP contribution in [0.25, 0.3) is 0 Å². The third-order valence-electron chi connectivity index (χ3n) is 1.82. The molecule has 0 aliphatic heterocycles. The van der Waals surface area contributed by atoms with Crippen molar-refractivity contribution in [3.8, 4) is 0 Å². The van der Waals surface area contributed by atoms with Crippen LogP contribution in [0.3, 0.4) is 0 Å². The molecule has 0 heterocycles. The third-order valence-corrected chi connectivity index (χ3v) is 1.82. The molecule has 0 aliphatic rings. The number of benzene rings is 1. The van der Waals surface area contributed by atoms with Crippen LogP contribution in [0.4, 0.5) is 0 Å². The minimum Gasteiger partial charge on any atom is -0.366 e. The van der Waals surface area contributed by atoms with Gasteiger partial charge in [0.15, 0.2) is 0 Å². The topological polar surface area (TPSA) is 55.1 Å². The van der Waals surface area contributed by atoms with Gasteiger partial charge in [0.2, 0.25) is 5.91 Å². The molecule has 0 saturated heterocycles. The number of carbonyl (C=O) groups excluding carboxylic acids is 1. The summed E-state index contributed by atoms with van der Waals surface area (Å²) in [7, 11) is 0.